The summed E-state index contributed by atoms with van der Waals surface area (Å²) >= 11 is 0. The predicted octanol–water partition coefficient (Wildman–Crippen LogP) is 4.71. The first-order valence-electron chi connectivity index (χ1n) is 11.8. The molecule has 0 radical (unpaired) electrons. The molecule has 0 heterocycles. The molecule has 0 spiro atoms. The van der Waals surface area contributed by atoms with Gasteiger partial charge in [-0.3, -0.25) is 9.59 Å². The van der Waals surface area contributed by atoms with Gasteiger partial charge in [-0.25, -0.2) is 4.99 Å². The third kappa shape index (κ3) is 5.62. The lowest BCUT2D eigenvalue weighted by atomic mass is 9.78. The molecule has 190 valence electrons. The predicted molar refractivity (Wildman–Crippen MR) is 152 cm³/mol. The van der Waals surface area contributed by atoms with Crippen molar-refractivity contribution in [2.45, 2.75) is 6.92 Å². The van der Waals surface area contributed by atoms with Crippen LogP contribution >= 0.6 is 0 Å². The SMILES string of the molecule is C=CCN(CC=C)C1=CC(=NC(C)=O)/C(=C2/C(=O)C(c3ccc(N(CC=C)CC=C)cc3N)=C2O)C=C1. The fourth-order valence-electron chi connectivity index (χ4n) is 4.26. The maximum Gasteiger partial charge on any atom is 0.243 e. The van der Waals surface area contributed by atoms with Crippen molar-refractivity contribution < 1.29 is 14.7 Å². The molecule has 3 N–H and O–H groups in total. The van der Waals surface area contributed by atoms with Crippen molar-refractivity contribution >= 4 is 34.3 Å². The second-order valence-electron chi connectivity index (χ2n) is 8.50. The highest BCUT2D eigenvalue weighted by molar-refractivity contribution is 6.42. The first-order valence-corrected chi connectivity index (χ1v) is 11.8. The summed E-state index contributed by atoms with van der Waals surface area (Å²) in [6.07, 6.45) is 12.3. The van der Waals surface area contributed by atoms with Gasteiger partial charge in [-0.05, 0) is 36.4 Å². The molecule has 0 saturated heterocycles. The van der Waals surface area contributed by atoms with E-state index in [4.69, 9.17) is 5.73 Å². The largest absolute Gasteiger partial charge is 0.506 e. The molecule has 0 bridgehead atoms. The molecular formula is C30H32N4O3. The van der Waals surface area contributed by atoms with Gasteiger partial charge in [0.1, 0.15) is 5.76 Å². The highest BCUT2D eigenvalue weighted by atomic mass is 16.3. The van der Waals surface area contributed by atoms with Gasteiger partial charge in [0, 0.05) is 61.3 Å². The maximum absolute atomic E-state index is 13.3. The van der Waals surface area contributed by atoms with E-state index in [1.165, 1.54) is 6.92 Å². The van der Waals surface area contributed by atoms with Crippen LogP contribution < -0.4 is 10.6 Å². The first kappa shape index (κ1) is 26.9. The molecule has 0 atom stereocenters. The van der Waals surface area contributed by atoms with Crippen LogP contribution in [0.2, 0.25) is 0 Å². The van der Waals surface area contributed by atoms with E-state index in [2.05, 4.69) is 31.3 Å². The summed E-state index contributed by atoms with van der Waals surface area (Å²) in [6.45, 7) is 18.8. The van der Waals surface area contributed by atoms with E-state index in [0.717, 1.165) is 11.4 Å². The lowest BCUT2D eigenvalue weighted by Crippen LogP contribution is -2.28. The number of rotatable bonds is 11. The van der Waals surface area contributed by atoms with Crippen molar-refractivity contribution in [3.05, 3.63) is 115 Å². The van der Waals surface area contributed by atoms with Gasteiger partial charge in [0.25, 0.3) is 0 Å². The summed E-state index contributed by atoms with van der Waals surface area (Å²) in [5, 5.41) is 11.0. The molecule has 1 amide bonds. The average molecular weight is 497 g/mol. The summed E-state index contributed by atoms with van der Waals surface area (Å²) in [6, 6.07) is 5.31. The lowest BCUT2D eigenvalue weighted by molar-refractivity contribution is -0.115. The smallest absolute Gasteiger partial charge is 0.243 e. The number of anilines is 2. The number of hydrogen-bond donors (Lipinski definition) is 2. The number of allylic oxidation sites excluding steroid dienone is 6. The van der Waals surface area contributed by atoms with Gasteiger partial charge in [-0.1, -0.05) is 24.3 Å². The number of nitrogens with zero attached hydrogens (tertiary/aromatic N) is 3. The number of carbonyl (C=O) groups is 2. The molecule has 0 aliphatic heterocycles. The Hall–Kier alpha value is -4.65. The van der Waals surface area contributed by atoms with Gasteiger partial charge in [-0.2, -0.15) is 0 Å². The minimum Gasteiger partial charge on any atom is -0.506 e. The topological polar surface area (TPSA) is 99.2 Å². The average Bonchev–Trinajstić information content (AvgIpc) is 2.86. The molecule has 2 aliphatic carbocycles. The molecule has 0 aromatic heterocycles. The van der Waals surface area contributed by atoms with Crippen LogP contribution in [0.5, 0.6) is 0 Å². The number of carbonyl (C=O) groups excluding carboxylic acids is 2. The van der Waals surface area contributed by atoms with Crippen molar-refractivity contribution in [2.75, 3.05) is 36.8 Å². The number of aliphatic hydroxyl groups is 1. The van der Waals surface area contributed by atoms with Gasteiger partial charge in [0.2, 0.25) is 11.7 Å². The normalized spacial score (nSPS) is 17.7. The Bertz CT molecular complexity index is 1300. The van der Waals surface area contributed by atoms with Crippen LogP contribution in [0.25, 0.3) is 5.57 Å². The maximum atomic E-state index is 13.3. The summed E-state index contributed by atoms with van der Waals surface area (Å²) in [4.78, 5) is 33.3. The minimum atomic E-state index is -0.420. The van der Waals surface area contributed by atoms with Crippen LogP contribution in [0, 0.1) is 0 Å². The highest BCUT2D eigenvalue weighted by Crippen LogP contribution is 2.42. The Labute approximate surface area is 218 Å². The van der Waals surface area contributed by atoms with Crippen molar-refractivity contribution in [1.82, 2.24) is 4.90 Å². The van der Waals surface area contributed by atoms with Crippen LogP contribution in [-0.4, -0.2) is 53.6 Å². The number of aliphatic imine (C=N–C) groups is 1. The Morgan fingerprint density at radius 2 is 1.57 bits per heavy atom. The van der Waals surface area contributed by atoms with E-state index in [0.29, 0.717) is 48.7 Å². The molecule has 7 nitrogen and oxygen atoms in total. The number of ketones is 1. The van der Waals surface area contributed by atoms with Crippen LogP contribution in [0.4, 0.5) is 11.4 Å². The van der Waals surface area contributed by atoms with Crippen molar-refractivity contribution in [2.24, 2.45) is 4.99 Å². The molecule has 0 fully saturated rings. The van der Waals surface area contributed by atoms with Gasteiger partial charge in [-0.15, -0.1) is 26.3 Å². The Kier molecular flexibility index (Phi) is 8.64. The second-order valence-corrected chi connectivity index (χ2v) is 8.50. The van der Waals surface area contributed by atoms with Gasteiger partial charge >= 0.3 is 0 Å². The van der Waals surface area contributed by atoms with E-state index in [9.17, 15) is 14.7 Å². The molecule has 0 saturated carbocycles. The van der Waals surface area contributed by atoms with Crippen LogP contribution in [-0.2, 0) is 9.59 Å². The highest BCUT2D eigenvalue weighted by Gasteiger charge is 2.39. The van der Waals surface area contributed by atoms with E-state index >= 15 is 0 Å². The third-order valence-electron chi connectivity index (χ3n) is 5.89. The van der Waals surface area contributed by atoms with Crippen LogP contribution in [0.1, 0.15) is 12.5 Å². The molecule has 37 heavy (non-hydrogen) atoms. The zero-order chi connectivity index (χ0) is 27.1. The zero-order valence-electron chi connectivity index (χ0n) is 21.1. The molecule has 3 rings (SSSR count). The fourth-order valence-corrected chi connectivity index (χ4v) is 4.26. The molecule has 0 unspecified atom stereocenters. The van der Waals surface area contributed by atoms with Crippen molar-refractivity contribution in [3.63, 3.8) is 0 Å². The van der Waals surface area contributed by atoms with Gasteiger partial charge in [0.15, 0.2) is 0 Å². The first-order chi connectivity index (χ1) is 17.8. The third-order valence-corrected chi connectivity index (χ3v) is 5.89. The molecule has 7 heteroatoms. The van der Waals surface area contributed by atoms with Crippen molar-refractivity contribution in [3.8, 4) is 0 Å². The van der Waals surface area contributed by atoms with Crippen LogP contribution in [0.15, 0.2) is 115 Å². The molecule has 2 aliphatic rings. The van der Waals surface area contributed by atoms with Gasteiger partial charge < -0.3 is 20.6 Å². The number of hydrogen-bond acceptors (Lipinski definition) is 6. The summed E-state index contributed by atoms with van der Waals surface area (Å²) in [7, 11) is 0. The number of aliphatic hydroxyl groups excluding tert-OH is 1. The number of Topliss-reactive ketones (excluding diaryl/α,β-unsaturated/α-hetero) is 1. The molecule has 1 aromatic carbocycles. The van der Waals surface area contributed by atoms with Crippen molar-refractivity contribution in [1.29, 1.82) is 0 Å². The molecular weight excluding hydrogens is 464 g/mol. The Balaban J connectivity index is 2.04. The van der Waals surface area contributed by atoms with Crippen LogP contribution in [0.3, 0.4) is 0 Å². The molecule has 1 aromatic rings. The summed E-state index contributed by atoms with van der Waals surface area (Å²) in [5.41, 5.74) is 9.64. The summed E-state index contributed by atoms with van der Waals surface area (Å²) in [5.74, 6) is -0.968. The number of nitrogens with two attached hydrogens (primary N) is 1. The Morgan fingerprint density at radius 3 is 2.08 bits per heavy atom. The number of amides is 1. The minimum absolute atomic E-state index is 0.101. The van der Waals surface area contributed by atoms with Gasteiger partial charge in [0.05, 0.1) is 16.9 Å². The number of benzene rings is 1. The lowest BCUT2D eigenvalue weighted by Gasteiger charge is -2.29. The van der Waals surface area contributed by atoms with E-state index in [-0.39, 0.29) is 22.7 Å². The monoisotopic (exact) mass is 496 g/mol. The standard InChI is InChI=1S/C30H32N4O3/c1-6-14-33(15-7-2)21-10-12-23(25(31)18-21)27-29(36)28(30(27)37)24-13-11-22(19-26(24)32-20(5)35)34(16-8-3)17-9-4/h6-13,18-19,36H,1-4,14-17,31H2,5H3/b28-24+,32-26?. The van der Waals surface area contributed by atoms with E-state index < -0.39 is 5.91 Å². The van der Waals surface area contributed by atoms with E-state index in [1.54, 1.807) is 48.6 Å². The number of nitrogen functional groups attached to an aromatic ring is 1. The fraction of sp³-hybridized carbons (Fsp3) is 0.167. The Morgan fingerprint density at radius 1 is 0.973 bits per heavy atom. The second kappa shape index (κ2) is 11.9. The van der Waals surface area contributed by atoms with E-state index in [1.807, 2.05) is 21.9 Å². The quantitative estimate of drug-likeness (QED) is 0.262. The summed E-state index contributed by atoms with van der Waals surface area (Å²) < 4.78 is 0. The zero-order valence-corrected chi connectivity index (χ0v) is 21.1.